The second kappa shape index (κ2) is 7.73. The average Bonchev–Trinajstić information content (AvgIpc) is 3.10. The smallest absolute Gasteiger partial charge is 0.279 e. The molecule has 6 heteroatoms. The van der Waals surface area contributed by atoms with E-state index < -0.39 is 0 Å². The van der Waals surface area contributed by atoms with Crippen molar-refractivity contribution in [2.45, 2.75) is 25.4 Å². The van der Waals surface area contributed by atoms with Crippen LogP contribution >= 0.6 is 11.3 Å². The van der Waals surface area contributed by atoms with Crippen molar-refractivity contribution < 1.29 is 4.74 Å². The lowest BCUT2D eigenvalue weighted by molar-refractivity contribution is 0.229. The van der Waals surface area contributed by atoms with Crippen molar-refractivity contribution in [2.24, 2.45) is 0 Å². The van der Waals surface area contributed by atoms with Crippen molar-refractivity contribution in [3.63, 3.8) is 0 Å². The van der Waals surface area contributed by atoms with Gasteiger partial charge in [-0.2, -0.15) is 5.26 Å². The summed E-state index contributed by atoms with van der Waals surface area (Å²) >= 11 is 1.54. The third kappa shape index (κ3) is 3.79. The number of ether oxygens (including phenoxy) is 1. The lowest BCUT2D eigenvalue weighted by Gasteiger charge is -2.30. The molecule has 1 aromatic heterocycles. The Morgan fingerprint density at radius 3 is 2.65 bits per heavy atom. The zero-order valence-electron chi connectivity index (χ0n) is 14.4. The SMILES string of the molecule is N#CN(Cc1ccc(Oc2nc3ccccc3s2)cc1)C1CCNCC1. The summed E-state index contributed by atoms with van der Waals surface area (Å²) in [5, 5.41) is 13.5. The number of hydrogen-bond acceptors (Lipinski definition) is 6. The average molecular weight is 364 g/mol. The number of aromatic nitrogens is 1. The summed E-state index contributed by atoms with van der Waals surface area (Å²) in [4.78, 5) is 6.39. The molecule has 0 radical (unpaired) electrons. The number of para-hydroxylation sites is 1. The number of hydrogen-bond donors (Lipinski definition) is 1. The van der Waals surface area contributed by atoms with Crippen molar-refractivity contribution in [3.05, 3.63) is 54.1 Å². The van der Waals surface area contributed by atoms with Gasteiger partial charge in [-0.05, 0) is 55.8 Å². The fraction of sp³-hybridized carbons (Fsp3) is 0.300. The molecular weight excluding hydrogens is 344 g/mol. The first-order valence-corrected chi connectivity index (χ1v) is 9.63. The van der Waals surface area contributed by atoms with Gasteiger partial charge in [0.15, 0.2) is 6.19 Å². The lowest BCUT2D eigenvalue weighted by atomic mass is 10.0. The van der Waals surface area contributed by atoms with E-state index in [9.17, 15) is 5.26 Å². The van der Waals surface area contributed by atoms with E-state index in [1.165, 1.54) is 11.3 Å². The summed E-state index contributed by atoms with van der Waals surface area (Å²) in [7, 11) is 0. The first-order chi connectivity index (χ1) is 12.8. The maximum atomic E-state index is 9.48. The third-order valence-corrected chi connectivity index (χ3v) is 5.55. The largest absolute Gasteiger partial charge is 0.431 e. The fourth-order valence-electron chi connectivity index (χ4n) is 3.22. The van der Waals surface area contributed by atoms with E-state index in [0.717, 1.165) is 47.5 Å². The Labute approximate surface area is 156 Å². The Morgan fingerprint density at radius 1 is 1.15 bits per heavy atom. The molecule has 1 N–H and O–H groups in total. The molecule has 1 aliphatic rings. The van der Waals surface area contributed by atoms with E-state index in [-0.39, 0.29) is 0 Å². The summed E-state index contributed by atoms with van der Waals surface area (Å²) in [5.41, 5.74) is 2.07. The van der Waals surface area contributed by atoms with Gasteiger partial charge in [0, 0.05) is 6.04 Å². The molecule has 0 aliphatic carbocycles. The molecule has 0 bridgehead atoms. The predicted octanol–water partition coefficient (Wildman–Crippen LogP) is 4.12. The highest BCUT2D eigenvalue weighted by Crippen LogP contribution is 2.31. The highest BCUT2D eigenvalue weighted by Gasteiger charge is 2.20. The van der Waals surface area contributed by atoms with Gasteiger partial charge in [-0.1, -0.05) is 35.6 Å². The maximum Gasteiger partial charge on any atom is 0.279 e. The van der Waals surface area contributed by atoms with Crippen LogP contribution in [0.1, 0.15) is 18.4 Å². The van der Waals surface area contributed by atoms with E-state index >= 15 is 0 Å². The molecule has 1 fully saturated rings. The zero-order valence-corrected chi connectivity index (χ0v) is 15.2. The minimum Gasteiger partial charge on any atom is -0.431 e. The van der Waals surface area contributed by atoms with Gasteiger partial charge in [0.2, 0.25) is 0 Å². The number of nitrogens with zero attached hydrogens (tertiary/aromatic N) is 3. The Hall–Kier alpha value is -2.62. The highest BCUT2D eigenvalue weighted by atomic mass is 32.1. The molecule has 0 atom stereocenters. The summed E-state index contributed by atoms with van der Waals surface area (Å²) < 4.78 is 7.00. The van der Waals surface area contributed by atoms with Crippen LogP contribution in [-0.2, 0) is 6.54 Å². The van der Waals surface area contributed by atoms with Crippen LogP contribution in [0.5, 0.6) is 10.9 Å². The van der Waals surface area contributed by atoms with Gasteiger partial charge >= 0.3 is 0 Å². The van der Waals surface area contributed by atoms with Gasteiger partial charge in [-0.25, -0.2) is 4.98 Å². The summed E-state index contributed by atoms with van der Waals surface area (Å²) in [5.74, 6) is 0.762. The van der Waals surface area contributed by atoms with E-state index in [1.807, 2.05) is 53.4 Å². The standard InChI is InChI=1S/C20H20N4OS/c21-14-24(16-9-11-22-12-10-16)13-15-5-7-17(8-6-15)25-20-23-18-3-1-2-4-19(18)26-20/h1-8,16,22H,9-13H2. The van der Waals surface area contributed by atoms with Crippen molar-refractivity contribution in [1.82, 2.24) is 15.2 Å². The molecule has 0 unspecified atom stereocenters. The Balaban J connectivity index is 1.42. The van der Waals surface area contributed by atoms with Crippen LogP contribution in [0.25, 0.3) is 10.2 Å². The first-order valence-electron chi connectivity index (χ1n) is 8.81. The molecule has 0 amide bonds. The maximum absolute atomic E-state index is 9.48. The number of nitrogens with one attached hydrogen (secondary N) is 1. The topological polar surface area (TPSA) is 61.2 Å². The van der Waals surface area contributed by atoms with Crippen LogP contribution in [0.4, 0.5) is 0 Å². The van der Waals surface area contributed by atoms with Gasteiger partial charge in [0.25, 0.3) is 5.19 Å². The molecule has 2 aromatic carbocycles. The number of nitriles is 1. The molecule has 3 aromatic rings. The summed E-state index contributed by atoms with van der Waals surface area (Å²) in [6.07, 6.45) is 4.40. The van der Waals surface area contributed by atoms with Crippen LogP contribution in [0, 0.1) is 11.5 Å². The molecule has 4 rings (SSSR count). The summed E-state index contributed by atoms with van der Waals surface area (Å²) in [6, 6.07) is 16.3. The Morgan fingerprint density at radius 2 is 1.92 bits per heavy atom. The van der Waals surface area contributed by atoms with Crippen molar-refractivity contribution in [2.75, 3.05) is 13.1 Å². The Kier molecular flexibility index (Phi) is 5.00. The second-order valence-corrected chi connectivity index (χ2v) is 7.40. The van der Waals surface area contributed by atoms with Crippen LogP contribution in [0.2, 0.25) is 0 Å². The molecule has 5 nitrogen and oxygen atoms in total. The number of thiazole rings is 1. The molecule has 1 saturated heterocycles. The zero-order chi connectivity index (χ0) is 17.8. The molecule has 2 heterocycles. The fourth-order valence-corrected chi connectivity index (χ4v) is 4.05. The molecule has 0 spiro atoms. The molecule has 1 aliphatic heterocycles. The van der Waals surface area contributed by atoms with Gasteiger partial charge < -0.3 is 15.0 Å². The van der Waals surface area contributed by atoms with E-state index in [1.54, 1.807) is 0 Å². The summed E-state index contributed by atoms with van der Waals surface area (Å²) in [6.45, 7) is 2.61. The van der Waals surface area contributed by atoms with Crippen molar-refractivity contribution in [3.8, 4) is 17.1 Å². The number of piperidine rings is 1. The molecule has 0 saturated carbocycles. The van der Waals surface area contributed by atoms with E-state index in [4.69, 9.17) is 4.74 Å². The van der Waals surface area contributed by atoms with Crippen LogP contribution < -0.4 is 10.1 Å². The quantitative estimate of drug-likeness (QED) is 0.545. The van der Waals surface area contributed by atoms with Gasteiger partial charge in [0.1, 0.15) is 5.75 Å². The highest BCUT2D eigenvalue weighted by molar-refractivity contribution is 7.20. The minimum atomic E-state index is 0.333. The van der Waals surface area contributed by atoms with E-state index in [0.29, 0.717) is 17.8 Å². The number of rotatable bonds is 5. The monoisotopic (exact) mass is 364 g/mol. The number of fused-ring (bicyclic) bond motifs is 1. The van der Waals surface area contributed by atoms with Gasteiger partial charge in [0.05, 0.1) is 16.8 Å². The minimum absolute atomic E-state index is 0.333. The number of benzene rings is 2. The molecule has 26 heavy (non-hydrogen) atoms. The van der Waals surface area contributed by atoms with Crippen molar-refractivity contribution in [1.29, 1.82) is 5.26 Å². The van der Waals surface area contributed by atoms with E-state index in [2.05, 4.69) is 16.5 Å². The normalized spacial score (nSPS) is 14.9. The van der Waals surface area contributed by atoms with Crippen molar-refractivity contribution >= 4 is 21.6 Å². The van der Waals surface area contributed by atoms with Crippen LogP contribution in [0.3, 0.4) is 0 Å². The molecular formula is C20H20N4OS. The van der Waals surface area contributed by atoms with Crippen LogP contribution in [0.15, 0.2) is 48.5 Å². The predicted molar refractivity (Wildman–Crippen MR) is 103 cm³/mol. The lowest BCUT2D eigenvalue weighted by Crippen LogP contribution is -2.40. The van der Waals surface area contributed by atoms with Crippen LogP contribution in [-0.4, -0.2) is 29.0 Å². The molecule has 132 valence electrons. The Bertz CT molecular complexity index is 876. The van der Waals surface area contributed by atoms with Gasteiger partial charge in [-0.3, -0.25) is 0 Å². The van der Waals surface area contributed by atoms with Gasteiger partial charge in [-0.15, -0.1) is 0 Å². The third-order valence-electron chi connectivity index (χ3n) is 4.63. The second-order valence-electron chi connectivity index (χ2n) is 6.40. The first kappa shape index (κ1) is 16.8.